The molecule has 0 atom stereocenters. The van der Waals surface area contributed by atoms with Crippen LogP contribution in [-0.4, -0.2) is 39.1 Å². The van der Waals surface area contributed by atoms with Crippen LogP contribution in [0.4, 0.5) is 0 Å². The molecule has 0 saturated carbocycles. The number of rotatable bonds is 8. The molecule has 1 heterocycles. The Kier molecular flexibility index (Phi) is 7.26. The van der Waals surface area contributed by atoms with Crippen LogP contribution in [0.3, 0.4) is 0 Å². The van der Waals surface area contributed by atoms with E-state index in [4.69, 9.17) is 4.42 Å². The van der Waals surface area contributed by atoms with Crippen molar-refractivity contribution in [1.29, 1.82) is 0 Å². The Hall–Kier alpha value is -4.92. The first-order valence-electron chi connectivity index (χ1n) is 12.5. The number of carbonyl (C=O) groups excluding carboxylic acids is 2. The van der Waals surface area contributed by atoms with Crippen LogP contribution in [0.15, 0.2) is 76.5 Å². The Bertz CT molecular complexity index is 1700. The second-order valence-electron chi connectivity index (χ2n) is 11.0. The molecule has 0 radical (unpaired) electrons. The zero-order valence-electron chi connectivity index (χ0n) is 22.6. The maximum atomic E-state index is 13.5. The molecule has 0 saturated heterocycles. The number of phenolic OH excluding ortho intramolecular Hbond substituents is 1. The summed E-state index contributed by atoms with van der Waals surface area (Å²) in [7, 11) is 0. The minimum absolute atomic E-state index is 0.0582. The Labute approximate surface area is 230 Å². The van der Waals surface area contributed by atoms with Crippen LogP contribution in [0, 0.1) is 0 Å². The van der Waals surface area contributed by atoms with Crippen molar-refractivity contribution in [2.45, 2.75) is 45.2 Å². The van der Waals surface area contributed by atoms with Gasteiger partial charge in [0, 0.05) is 45.3 Å². The minimum Gasteiger partial charge on any atom is -0.508 e. The SMILES string of the molecule is C=CC(=O)NC(C)(C)CC(C)(C)NC(=O)c1ccc(C(=O)O)c(-c2c3ccc(=O)cc-3oc3cc(O)ccc23)c1. The van der Waals surface area contributed by atoms with Gasteiger partial charge in [0.15, 0.2) is 5.43 Å². The van der Waals surface area contributed by atoms with E-state index in [1.165, 1.54) is 48.5 Å². The summed E-state index contributed by atoms with van der Waals surface area (Å²) < 4.78 is 5.87. The van der Waals surface area contributed by atoms with Crippen LogP contribution in [0.1, 0.15) is 54.8 Å². The highest BCUT2D eigenvalue weighted by Crippen LogP contribution is 2.42. The zero-order valence-corrected chi connectivity index (χ0v) is 22.6. The highest BCUT2D eigenvalue weighted by molar-refractivity contribution is 6.09. The van der Waals surface area contributed by atoms with Gasteiger partial charge in [0.1, 0.15) is 17.1 Å². The molecule has 2 amide bonds. The number of amides is 2. The number of phenols is 1. The lowest BCUT2D eigenvalue weighted by Gasteiger charge is -2.36. The highest BCUT2D eigenvalue weighted by atomic mass is 16.4. The van der Waals surface area contributed by atoms with Crippen molar-refractivity contribution in [2.75, 3.05) is 0 Å². The summed E-state index contributed by atoms with van der Waals surface area (Å²) in [5.74, 6) is -1.84. The number of carboxylic acid groups (broad SMARTS) is 1. The smallest absolute Gasteiger partial charge is 0.336 e. The molecule has 2 aliphatic rings. The van der Waals surface area contributed by atoms with Gasteiger partial charge in [-0.2, -0.15) is 0 Å². The molecule has 206 valence electrons. The first-order valence-corrected chi connectivity index (χ1v) is 12.5. The number of hydrogen-bond donors (Lipinski definition) is 4. The number of aromatic carboxylic acids is 1. The molecule has 0 aromatic heterocycles. The molecule has 1 aliphatic heterocycles. The average molecular weight is 543 g/mol. The lowest BCUT2D eigenvalue weighted by Crippen LogP contribution is -2.53. The number of nitrogens with one attached hydrogen (secondary N) is 2. The van der Waals surface area contributed by atoms with Gasteiger partial charge >= 0.3 is 5.97 Å². The van der Waals surface area contributed by atoms with Crippen LogP contribution < -0.4 is 16.1 Å². The maximum Gasteiger partial charge on any atom is 0.336 e. The van der Waals surface area contributed by atoms with Gasteiger partial charge in [-0.15, -0.1) is 0 Å². The van der Waals surface area contributed by atoms with Crippen molar-refractivity contribution in [3.05, 3.63) is 88.6 Å². The predicted molar refractivity (Wildman–Crippen MR) is 152 cm³/mol. The number of hydrogen-bond acceptors (Lipinski definition) is 6. The molecule has 9 heteroatoms. The highest BCUT2D eigenvalue weighted by Gasteiger charge is 2.32. The van der Waals surface area contributed by atoms with E-state index in [0.29, 0.717) is 22.9 Å². The molecule has 0 bridgehead atoms. The Morgan fingerprint density at radius 2 is 1.62 bits per heavy atom. The summed E-state index contributed by atoms with van der Waals surface area (Å²) >= 11 is 0. The van der Waals surface area contributed by atoms with Crippen LogP contribution in [0.5, 0.6) is 5.75 Å². The molecule has 2 aromatic carbocycles. The molecule has 0 unspecified atom stereocenters. The number of benzene rings is 3. The van der Waals surface area contributed by atoms with Crippen molar-refractivity contribution in [2.24, 2.45) is 0 Å². The third kappa shape index (κ3) is 5.88. The Morgan fingerprint density at radius 3 is 2.30 bits per heavy atom. The standard InChI is InChI=1S/C31H30N2O7/c1-6-26(36)32-30(2,3)16-31(4,5)33-28(37)17-7-10-20(29(38)39)23(13-17)27-21-11-8-18(34)14-24(21)40-25-15-19(35)9-12-22(25)27/h6-15,34H,1,16H2,2-5H3,(H,32,36)(H,33,37)(H,38,39). The molecule has 9 nitrogen and oxygen atoms in total. The van der Waals surface area contributed by atoms with Crippen molar-refractivity contribution < 1.29 is 29.0 Å². The van der Waals surface area contributed by atoms with E-state index in [-0.39, 0.29) is 45.1 Å². The van der Waals surface area contributed by atoms with Gasteiger partial charge in [-0.1, -0.05) is 6.58 Å². The third-order valence-corrected chi connectivity index (χ3v) is 6.44. The average Bonchev–Trinajstić information content (AvgIpc) is 2.85. The van der Waals surface area contributed by atoms with Crippen LogP contribution in [0.2, 0.25) is 0 Å². The number of fused-ring (bicyclic) bond motifs is 2. The molecule has 4 rings (SSSR count). The lowest BCUT2D eigenvalue weighted by molar-refractivity contribution is -0.118. The van der Waals surface area contributed by atoms with Crippen LogP contribution in [0.25, 0.3) is 33.4 Å². The van der Waals surface area contributed by atoms with Gasteiger partial charge in [-0.25, -0.2) is 4.79 Å². The molecule has 1 aliphatic carbocycles. The monoisotopic (exact) mass is 542 g/mol. The van der Waals surface area contributed by atoms with E-state index < -0.39 is 23.0 Å². The van der Waals surface area contributed by atoms with Crippen LogP contribution in [-0.2, 0) is 4.79 Å². The summed E-state index contributed by atoms with van der Waals surface area (Å²) in [6.07, 6.45) is 1.57. The van der Waals surface area contributed by atoms with E-state index in [0.717, 1.165) is 0 Å². The number of aromatic hydroxyl groups is 1. The van der Waals surface area contributed by atoms with E-state index in [1.54, 1.807) is 12.1 Å². The number of carbonyl (C=O) groups is 3. The van der Waals surface area contributed by atoms with Crippen molar-refractivity contribution in [3.8, 4) is 28.2 Å². The zero-order chi connectivity index (χ0) is 29.4. The molecular weight excluding hydrogens is 512 g/mol. The minimum atomic E-state index is -1.21. The van der Waals surface area contributed by atoms with Gasteiger partial charge in [-0.05, 0) is 88.2 Å². The molecule has 0 fully saturated rings. The third-order valence-electron chi connectivity index (χ3n) is 6.44. The van der Waals surface area contributed by atoms with E-state index in [2.05, 4.69) is 17.2 Å². The normalized spacial score (nSPS) is 11.8. The Morgan fingerprint density at radius 1 is 0.925 bits per heavy atom. The summed E-state index contributed by atoms with van der Waals surface area (Å²) in [6, 6.07) is 12.9. The van der Waals surface area contributed by atoms with Crippen molar-refractivity contribution in [3.63, 3.8) is 0 Å². The van der Waals surface area contributed by atoms with Crippen molar-refractivity contribution in [1.82, 2.24) is 10.6 Å². The molecule has 0 spiro atoms. The van der Waals surface area contributed by atoms with Crippen molar-refractivity contribution >= 4 is 28.8 Å². The fourth-order valence-electron chi connectivity index (χ4n) is 5.19. The summed E-state index contributed by atoms with van der Waals surface area (Å²) in [6.45, 7) is 10.8. The lowest BCUT2D eigenvalue weighted by atomic mass is 9.86. The van der Waals surface area contributed by atoms with Gasteiger partial charge in [0.2, 0.25) is 5.91 Å². The predicted octanol–water partition coefficient (Wildman–Crippen LogP) is 4.95. The van der Waals surface area contributed by atoms with Gasteiger partial charge in [0.05, 0.1) is 5.56 Å². The van der Waals surface area contributed by atoms with Gasteiger partial charge < -0.3 is 25.3 Å². The fraction of sp³-hybridized carbons (Fsp3) is 0.226. The molecule has 40 heavy (non-hydrogen) atoms. The topological polar surface area (TPSA) is 146 Å². The second kappa shape index (κ2) is 10.3. The number of carboxylic acids is 1. The maximum absolute atomic E-state index is 13.5. The first kappa shape index (κ1) is 28.1. The largest absolute Gasteiger partial charge is 0.508 e. The molecular formula is C31H30N2O7. The van der Waals surface area contributed by atoms with E-state index >= 15 is 0 Å². The molecule has 2 aromatic rings. The van der Waals surface area contributed by atoms with E-state index in [1.807, 2.05) is 27.7 Å². The van der Waals surface area contributed by atoms with Crippen LogP contribution >= 0.6 is 0 Å². The Balaban J connectivity index is 1.83. The summed E-state index contributed by atoms with van der Waals surface area (Å²) in [4.78, 5) is 49.7. The first-order chi connectivity index (χ1) is 18.7. The summed E-state index contributed by atoms with van der Waals surface area (Å²) in [5, 5.41) is 26.4. The summed E-state index contributed by atoms with van der Waals surface area (Å²) in [5.41, 5.74) is -0.169. The molecule has 4 N–H and O–H groups in total. The van der Waals surface area contributed by atoms with Gasteiger partial charge in [0.25, 0.3) is 5.91 Å². The fourth-order valence-corrected chi connectivity index (χ4v) is 5.19. The van der Waals surface area contributed by atoms with E-state index in [9.17, 15) is 29.4 Å². The second-order valence-corrected chi connectivity index (χ2v) is 11.0. The van der Waals surface area contributed by atoms with Gasteiger partial charge in [-0.3, -0.25) is 14.4 Å². The quantitative estimate of drug-likeness (QED) is 0.182.